The highest BCUT2D eigenvalue weighted by molar-refractivity contribution is 6.70. The van der Waals surface area contributed by atoms with Gasteiger partial charge in [0.1, 0.15) is 5.17 Å². The van der Waals surface area contributed by atoms with Crippen molar-refractivity contribution in [1.82, 2.24) is 0 Å². The number of hydrogen-bond acceptors (Lipinski definition) is 2. The molecule has 0 aromatic heterocycles. The van der Waals surface area contributed by atoms with Crippen LogP contribution in [0.15, 0.2) is 40.3 Å². The molecule has 0 N–H and O–H groups in total. The first-order chi connectivity index (χ1) is 9.40. The lowest BCUT2D eigenvalue weighted by atomic mass is 9.98. The Bertz CT molecular complexity index is 705. The summed E-state index contributed by atoms with van der Waals surface area (Å²) in [4.78, 5) is 7.25. The third kappa shape index (κ3) is 2.41. The van der Waals surface area contributed by atoms with Crippen molar-refractivity contribution in [1.29, 1.82) is 0 Å². The van der Waals surface area contributed by atoms with Crippen molar-refractivity contribution in [2.24, 2.45) is 9.98 Å². The van der Waals surface area contributed by atoms with Gasteiger partial charge in [-0.25, -0.2) is 0 Å². The number of benzene rings is 2. The summed E-state index contributed by atoms with van der Waals surface area (Å²) in [7, 11) is 1.40. The molecule has 0 heterocycles. The summed E-state index contributed by atoms with van der Waals surface area (Å²) in [5, 5.41) is 0.444. The van der Waals surface area contributed by atoms with E-state index in [0.29, 0.717) is 5.39 Å². The Hall–Kier alpha value is -1.88. The molecule has 0 aliphatic rings. The molecule has 6 heteroatoms. The molecule has 0 aliphatic carbocycles. The maximum atomic E-state index is 13.3. The van der Waals surface area contributed by atoms with Crippen LogP contribution in [-0.2, 0) is 6.18 Å². The van der Waals surface area contributed by atoms with Gasteiger partial charge in [0, 0.05) is 12.6 Å². The van der Waals surface area contributed by atoms with E-state index in [-0.39, 0.29) is 21.8 Å². The lowest BCUT2D eigenvalue weighted by Gasteiger charge is -2.16. The van der Waals surface area contributed by atoms with Crippen LogP contribution in [0.2, 0.25) is 0 Å². The molecule has 0 radical (unpaired) electrons. The molecule has 0 atom stereocenters. The predicted molar refractivity (Wildman–Crippen MR) is 76.5 cm³/mol. The number of fused-ring (bicyclic) bond motifs is 1. The second-order valence-electron chi connectivity index (χ2n) is 4.04. The highest BCUT2D eigenvalue weighted by Gasteiger charge is 2.37. The maximum absolute atomic E-state index is 13.3. The molecule has 0 saturated heterocycles. The number of alkyl halides is 3. The average Bonchev–Trinajstić information content (AvgIpc) is 2.43. The van der Waals surface area contributed by atoms with Crippen LogP contribution in [0, 0.1) is 0 Å². The first-order valence-corrected chi connectivity index (χ1v) is 6.00. The molecule has 2 nitrogen and oxygen atoms in total. The fourth-order valence-electron chi connectivity index (χ4n) is 2.07. The van der Waals surface area contributed by atoms with Gasteiger partial charge in [-0.05, 0) is 23.6 Å². The van der Waals surface area contributed by atoms with Gasteiger partial charge in [-0.3, -0.25) is 9.98 Å². The monoisotopic (exact) mass is 298 g/mol. The summed E-state index contributed by atoms with van der Waals surface area (Å²) in [5.74, 6) is 0. The lowest BCUT2D eigenvalue weighted by Crippen LogP contribution is -2.09. The molecule has 104 valence electrons. The second-order valence-corrected chi connectivity index (χ2v) is 4.40. The molecule has 0 unspecified atom stereocenters. The summed E-state index contributed by atoms with van der Waals surface area (Å²) in [6, 6.07) is 7.71. The zero-order valence-electron chi connectivity index (χ0n) is 10.5. The van der Waals surface area contributed by atoms with Gasteiger partial charge in [0.15, 0.2) is 0 Å². The summed E-state index contributed by atoms with van der Waals surface area (Å²) in [6.07, 6.45) is -4.56. The zero-order chi connectivity index (χ0) is 14.9. The summed E-state index contributed by atoms with van der Waals surface area (Å²) in [6.45, 7) is 3.23. The molecule has 0 amide bonds. The van der Waals surface area contributed by atoms with E-state index in [1.165, 1.54) is 19.2 Å². The maximum Gasteiger partial charge on any atom is 0.419 e. The van der Waals surface area contributed by atoms with Crippen LogP contribution in [0.5, 0.6) is 0 Å². The molecule has 0 spiro atoms. The number of aliphatic imine (C=N–C) groups is 2. The van der Waals surface area contributed by atoms with Crippen molar-refractivity contribution in [2.75, 3.05) is 7.05 Å². The first kappa shape index (κ1) is 14.5. The number of hydrogen-bond donors (Lipinski definition) is 0. The van der Waals surface area contributed by atoms with Gasteiger partial charge in [-0.2, -0.15) is 13.2 Å². The Balaban J connectivity index is 3.01. The minimum absolute atomic E-state index is 0.0383. The van der Waals surface area contributed by atoms with Crippen LogP contribution >= 0.6 is 11.6 Å². The van der Waals surface area contributed by atoms with Crippen LogP contribution in [0.25, 0.3) is 10.8 Å². The molecule has 2 aromatic rings. The Morgan fingerprint density at radius 3 is 2.45 bits per heavy atom. The molecule has 0 saturated carbocycles. The molecule has 20 heavy (non-hydrogen) atoms. The fraction of sp³-hybridized carbons (Fsp3) is 0.143. The topological polar surface area (TPSA) is 24.7 Å². The van der Waals surface area contributed by atoms with Crippen LogP contribution in [0.4, 0.5) is 18.9 Å². The van der Waals surface area contributed by atoms with Crippen molar-refractivity contribution in [3.8, 4) is 0 Å². The SMILES string of the molecule is C=Nc1c(/C(Cl)=N\C)cc2ccccc2c1C(F)(F)F. The van der Waals surface area contributed by atoms with Crippen LogP contribution in [0.1, 0.15) is 11.1 Å². The van der Waals surface area contributed by atoms with E-state index >= 15 is 0 Å². The van der Waals surface area contributed by atoms with Crippen LogP contribution in [-0.4, -0.2) is 18.9 Å². The summed E-state index contributed by atoms with van der Waals surface area (Å²) < 4.78 is 40.0. The number of halogens is 4. The highest BCUT2D eigenvalue weighted by Crippen LogP contribution is 2.43. The van der Waals surface area contributed by atoms with Gasteiger partial charge in [0.25, 0.3) is 0 Å². The van der Waals surface area contributed by atoms with Crippen molar-refractivity contribution < 1.29 is 13.2 Å². The van der Waals surface area contributed by atoms with E-state index < -0.39 is 11.7 Å². The van der Waals surface area contributed by atoms with Crippen molar-refractivity contribution in [2.45, 2.75) is 6.18 Å². The minimum Gasteiger partial charge on any atom is -0.276 e. The van der Waals surface area contributed by atoms with Gasteiger partial charge in [-0.15, -0.1) is 0 Å². The van der Waals surface area contributed by atoms with Gasteiger partial charge < -0.3 is 0 Å². The molecule has 0 aliphatic heterocycles. The Labute approximate surface area is 118 Å². The van der Waals surface area contributed by atoms with Crippen molar-refractivity contribution in [3.05, 3.63) is 41.5 Å². The molecular weight excluding hydrogens is 289 g/mol. The van der Waals surface area contributed by atoms with Gasteiger partial charge in [0.05, 0.1) is 11.3 Å². The summed E-state index contributed by atoms with van der Waals surface area (Å²) in [5.41, 5.74) is -1.02. The highest BCUT2D eigenvalue weighted by atomic mass is 35.5. The van der Waals surface area contributed by atoms with E-state index in [2.05, 4.69) is 16.7 Å². The molecule has 2 aromatic carbocycles. The number of nitrogens with zero attached hydrogens (tertiary/aromatic N) is 2. The zero-order valence-corrected chi connectivity index (χ0v) is 11.3. The predicted octanol–water partition coefficient (Wildman–Crippen LogP) is 4.81. The van der Waals surface area contributed by atoms with E-state index in [4.69, 9.17) is 11.6 Å². The van der Waals surface area contributed by atoms with Gasteiger partial charge in [-0.1, -0.05) is 35.9 Å². The normalized spacial score (nSPS) is 12.8. The fourth-order valence-corrected chi connectivity index (χ4v) is 2.21. The third-order valence-corrected chi connectivity index (χ3v) is 3.25. The van der Waals surface area contributed by atoms with Crippen molar-refractivity contribution >= 4 is 39.9 Å². The Kier molecular flexibility index (Phi) is 3.81. The van der Waals surface area contributed by atoms with Crippen LogP contribution < -0.4 is 0 Å². The first-order valence-electron chi connectivity index (χ1n) is 5.62. The largest absolute Gasteiger partial charge is 0.419 e. The van der Waals surface area contributed by atoms with E-state index in [9.17, 15) is 13.2 Å². The summed E-state index contributed by atoms with van der Waals surface area (Å²) >= 11 is 5.89. The van der Waals surface area contributed by atoms with E-state index in [0.717, 1.165) is 0 Å². The Morgan fingerprint density at radius 2 is 1.90 bits per heavy atom. The number of rotatable bonds is 2. The quantitative estimate of drug-likeness (QED) is 0.711. The average molecular weight is 299 g/mol. The van der Waals surface area contributed by atoms with Gasteiger partial charge in [0.2, 0.25) is 0 Å². The molecular formula is C14H10ClF3N2. The second kappa shape index (κ2) is 5.25. The molecule has 0 fully saturated rings. The minimum atomic E-state index is -4.56. The Morgan fingerprint density at radius 1 is 1.25 bits per heavy atom. The third-order valence-electron chi connectivity index (χ3n) is 2.88. The standard InChI is InChI=1S/C14H10ClF3N2/c1-19-12-10(13(15)20-2)7-8-5-3-4-6-9(8)11(12)14(16,17)18/h3-7H,1H2,2H3/b20-13+. The van der Waals surface area contributed by atoms with E-state index in [1.807, 2.05) is 0 Å². The molecule has 0 bridgehead atoms. The van der Waals surface area contributed by atoms with Crippen molar-refractivity contribution in [3.63, 3.8) is 0 Å². The lowest BCUT2D eigenvalue weighted by molar-refractivity contribution is -0.135. The van der Waals surface area contributed by atoms with E-state index in [1.54, 1.807) is 18.2 Å². The molecule has 2 rings (SSSR count). The smallest absolute Gasteiger partial charge is 0.276 e. The van der Waals surface area contributed by atoms with Gasteiger partial charge >= 0.3 is 6.18 Å². The van der Waals surface area contributed by atoms with Crippen LogP contribution in [0.3, 0.4) is 0 Å².